The van der Waals surface area contributed by atoms with Gasteiger partial charge < -0.3 is 5.11 Å². The van der Waals surface area contributed by atoms with E-state index in [0.29, 0.717) is 11.3 Å². The third-order valence-electron chi connectivity index (χ3n) is 3.14. The molecule has 0 bridgehead atoms. The van der Waals surface area contributed by atoms with Crippen molar-refractivity contribution in [2.75, 3.05) is 0 Å². The fourth-order valence-electron chi connectivity index (χ4n) is 2.21. The summed E-state index contributed by atoms with van der Waals surface area (Å²) in [5.41, 5.74) is 1.29. The molecule has 0 saturated heterocycles. The summed E-state index contributed by atoms with van der Waals surface area (Å²) < 4.78 is 27.4. The number of benzene rings is 1. The Morgan fingerprint density at radius 1 is 1.10 bits per heavy atom. The van der Waals surface area contributed by atoms with Crippen molar-refractivity contribution in [2.45, 2.75) is 6.42 Å². The molecular weight excluding hydrogens is 278 g/mol. The van der Waals surface area contributed by atoms with Gasteiger partial charge >= 0.3 is 5.97 Å². The minimum atomic E-state index is -1.19. The number of aromatic carboxylic acids is 1. The van der Waals surface area contributed by atoms with Crippen LogP contribution in [-0.4, -0.2) is 20.5 Å². The lowest BCUT2D eigenvalue weighted by Gasteiger charge is -2.01. The van der Waals surface area contributed by atoms with E-state index in [9.17, 15) is 18.7 Å². The number of imidazole rings is 1. The molecule has 2 heterocycles. The van der Waals surface area contributed by atoms with Gasteiger partial charge in [0.2, 0.25) is 0 Å². The SMILES string of the molecule is O=C(O)c1c(Cc2ccc(F)cc2)nc2ccc(F)cn12. The molecule has 0 saturated carbocycles. The average Bonchev–Trinajstić information content (AvgIpc) is 2.78. The van der Waals surface area contributed by atoms with Crippen LogP contribution in [0, 0.1) is 11.6 Å². The average molecular weight is 288 g/mol. The molecule has 0 unspecified atom stereocenters. The second kappa shape index (κ2) is 4.97. The summed E-state index contributed by atoms with van der Waals surface area (Å²) in [7, 11) is 0. The Hall–Kier alpha value is -2.76. The summed E-state index contributed by atoms with van der Waals surface area (Å²) in [6, 6.07) is 8.35. The quantitative estimate of drug-likeness (QED) is 0.806. The van der Waals surface area contributed by atoms with Crippen molar-refractivity contribution >= 4 is 11.6 Å². The molecule has 3 rings (SSSR count). The van der Waals surface area contributed by atoms with E-state index in [-0.39, 0.29) is 17.9 Å². The van der Waals surface area contributed by atoms with Crippen molar-refractivity contribution in [1.82, 2.24) is 9.38 Å². The van der Waals surface area contributed by atoms with Crippen molar-refractivity contribution in [1.29, 1.82) is 0 Å². The second-order valence-electron chi connectivity index (χ2n) is 4.59. The fraction of sp³-hybridized carbons (Fsp3) is 0.0667. The second-order valence-corrected chi connectivity index (χ2v) is 4.59. The number of fused-ring (bicyclic) bond motifs is 1. The van der Waals surface area contributed by atoms with E-state index in [4.69, 9.17) is 0 Å². The first-order valence-corrected chi connectivity index (χ1v) is 6.19. The Labute approximate surface area is 118 Å². The molecule has 0 radical (unpaired) electrons. The smallest absolute Gasteiger partial charge is 0.354 e. The molecule has 106 valence electrons. The Morgan fingerprint density at radius 3 is 2.43 bits per heavy atom. The Bertz CT molecular complexity index is 826. The lowest BCUT2D eigenvalue weighted by Crippen LogP contribution is -2.06. The van der Waals surface area contributed by atoms with Gasteiger partial charge in [-0.05, 0) is 29.8 Å². The summed E-state index contributed by atoms with van der Waals surface area (Å²) in [4.78, 5) is 15.6. The van der Waals surface area contributed by atoms with Gasteiger partial charge in [0.25, 0.3) is 0 Å². The molecule has 0 aliphatic heterocycles. The Kier molecular flexibility index (Phi) is 3.13. The Morgan fingerprint density at radius 2 is 1.76 bits per heavy atom. The molecular formula is C15H10F2N2O2. The molecule has 0 aliphatic carbocycles. The molecule has 0 spiro atoms. The van der Waals surface area contributed by atoms with Crippen molar-refractivity contribution < 1.29 is 18.7 Å². The first-order chi connectivity index (χ1) is 10.0. The number of pyridine rings is 1. The molecule has 6 heteroatoms. The topological polar surface area (TPSA) is 54.6 Å². The summed E-state index contributed by atoms with van der Waals surface area (Å²) in [5.74, 6) is -2.10. The van der Waals surface area contributed by atoms with E-state index in [1.54, 1.807) is 12.1 Å². The summed E-state index contributed by atoms with van der Waals surface area (Å²) in [6.45, 7) is 0. The molecule has 4 nitrogen and oxygen atoms in total. The highest BCUT2D eigenvalue weighted by Gasteiger charge is 2.19. The predicted molar refractivity (Wildman–Crippen MR) is 71.3 cm³/mol. The van der Waals surface area contributed by atoms with E-state index < -0.39 is 11.8 Å². The summed E-state index contributed by atoms with van der Waals surface area (Å²) >= 11 is 0. The molecule has 0 amide bonds. The first kappa shape index (κ1) is 13.2. The van der Waals surface area contributed by atoms with Crippen molar-refractivity contribution in [2.24, 2.45) is 0 Å². The van der Waals surface area contributed by atoms with Gasteiger partial charge in [-0.3, -0.25) is 4.40 Å². The van der Waals surface area contributed by atoms with Crippen LogP contribution in [0.25, 0.3) is 5.65 Å². The fourth-order valence-corrected chi connectivity index (χ4v) is 2.21. The third-order valence-corrected chi connectivity index (χ3v) is 3.14. The maximum Gasteiger partial charge on any atom is 0.354 e. The molecule has 0 fully saturated rings. The van der Waals surface area contributed by atoms with Crippen LogP contribution >= 0.6 is 0 Å². The maximum absolute atomic E-state index is 13.3. The molecule has 0 atom stereocenters. The molecule has 3 aromatic rings. The number of rotatable bonds is 3. The lowest BCUT2D eigenvalue weighted by molar-refractivity contribution is 0.0688. The molecule has 1 aromatic carbocycles. The minimum Gasteiger partial charge on any atom is -0.477 e. The van der Waals surface area contributed by atoms with E-state index in [0.717, 1.165) is 11.8 Å². The standard InChI is InChI=1S/C15H10F2N2O2/c16-10-3-1-9(2-4-10)7-12-14(15(20)21)19-8-11(17)5-6-13(19)18-12/h1-6,8H,7H2,(H,20,21). The number of hydrogen-bond donors (Lipinski definition) is 1. The minimum absolute atomic E-state index is 0.0891. The zero-order valence-electron chi connectivity index (χ0n) is 10.8. The van der Waals surface area contributed by atoms with E-state index in [1.165, 1.54) is 28.7 Å². The van der Waals surface area contributed by atoms with Crippen LogP contribution in [-0.2, 0) is 6.42 Å². The molecule has 1 N–H and O–H groups in total. The molecule has 21 heavy (non-hydrogen) atoms. The summed E-state index contributed by atoms with van der Waals surface area (Å²) in [5, 5.41) is 9.32. The number of aromatic nitrogens is 2. The maximum atomic E-state index is 13.3. The van der Waals surface area contributed by atoms with Crippen LogP contribution in [0.5, 0.6) is 0 Å². The van der Waals surface area contributed by atoms with Crippen LogP contribution in [0.4, 0.5) is 8.78 Å². The van der Waals surface area contributed by atoms with Gasteiger partial charge in [-0.15, -0.1) is 0 Å². The van der Waals surface area contributed by atoms with E-state index in [1.807, 2.05) is 0 Å². The lowest BCUT2D eigenvalue weighted by atomic mass is 10.1. The van der Waals surface area contributed by atoms with Gasteiger partial charge in [-0.1, -0.05) is 12.1 Å². The van der Waals surface area contributed by atoms with Crippen molar-refractivity contribution in [3.05, 3.63) is 71.2 Å². The van der Waals surface area contributed by atoms with Gasteiger partial charge in [0.05, 0.1) is 5.69 Å². The monoisotopic (exact) mass is 288 g/mol. The number of carbonyl (C=O) groups is 1. The number of carboxylic acids is 1. The van der Waals surface area contributed by atoms with Gasteiger partial charge in [-0.25, -0.2) is 18.6 Å². The number of halogens is 2. The third kappa shape index (κ3) is 2.47. The largest absolute Gasteiger partial charge is 0.477 e. The number of nitrogens with zero attached hydrogens (tertiary/aromatic N) is 2. The zero-order chi connectivity index (χ0) is 15.0. The van der Waals surface area contributed by atoms with Crippen LogP contribution in [0.15, 0.2) is 42.6 Å². The first-order valence-electron chi connectivity index (χ1n) is 6.19. The van der Waals surface area contributed by atoms with E-state index >= 15 is 0 Å². The Balaban J connectivity index is 2.11. The van der Waals surface area contributed by atoms with Crippen molar-refractivity contribution in [3.63, 3.8) is 0 Å². The number of carboxylic acid groups (broad SMARTS) is 1. The van der Waals surface area contributed by atoms with E-state index in [2.05, 4.69) is 4.98 Å². The van der Waals surface area contributed by atoms with Gasteiger partial charge in [-0.2, -0.15) is 0 Å². The zero-order valence-corrected chi connectivity index (χ0v) is 10.8. The highest BCUT2D eigenvalue weighted by Crippen LogP contribution is 2.18. The van der Waals surface area contributed by atoms with Crippen molar-refractivity contribution in [3.8, 4) is 0 Å². The summed E-state index contributed by atoms with van der Waals surface area (Å²) in [6.07, 6.45) is 1.31. The number of hydrogen-bond acceptors (Lipinski definition) is 2. The highest BCUT2D eigenvalue weighted by atomic mass is 19.1. The van der Waals surface area contributed by atoms with Gasteiger partial charge in [0.1, 0.15) is 17.3 Å². The van der Waals surface area contributed by atoms with Crippen LogP contribution in [0.3, 0.4) is 0 Å². The molecule has 0 aliphatic rings. The highest BCUT2D eigenvalue weighted by molar-refractivity contribution is 5.88. The molecule has 2 aromatic heterocycles. The van der Waals surface area contributed by atoms with Gasteiger partial charge in [0.15, 0.2) is 5.69 Å². The normalized spacial score (nSPS) is 11.0. The van der Waals surface area contributed by atoms with Crippen LogP contribution in [0.2, 0.25) is 0 Å². The van der Waals surface area contributed by atoms with Crippen LogP contribution in [0.1, 0.15) is 21.7 Å². The predicted octanol–water partition coefficient (Wildman–Crippen LogP) is 2.90. The van der Waals surface area contributed by atoms with Crippen LogP contribution < -0.4 is 0 Å². The van der Waals surface area contributed by atoms with Gasteiger partial charge in [0, 0.05) is 12.6 Å².